The fraction of sp³-hybridized carbons (Fsp3) is 0.500. The largest absolute Gasteiger partial charge is 0.484 e. The van der Waals surface area contributed by atoms with Crippen molar-refractivity contribution in [2.45, 2.75) is 39.2 Å². The summed E-state index contributed by atoms with van der Waals surface area (Å²) < 4.78 is 11.1. The Labute approximate surface area is 135 Å². The molecule has 1 saturated heterocycles. The molecule has 1 aliphatic heterocycles. The van der Waals surface area contributed by atoms with Gasteiger partial charge in [0.05, 0.1) is 10.7 Å². The predicted molar refractivity (Wildman–Crippen MR) is 85.5 cm³/mol. The van der Waals surface area contributed by atoms with Crippen molar-refractivity contribution in [2.24, 2.45) is 0 Å². The van der Waals surface area contributed by atoms with Crippen LogP contribution in [0.15, 0.2) is 22.6 Å². The fourth-order valence-corrected chi connectivity index (χ4v) is 2.89. The van der Waals surface area contributed by atoms with Gasteiger partial charge in [0.25, 0.3) is 5.89 Å². The number of nitrogens with zero attached hydrogens (tertiary/aromatic N) is 3. The molecule has 0 radical (unpaired) electrons. The number of rotatable bonds is 5. The summed E-state index contributed by atoms with van der Waals surface area (Å²) in [7, 11) is 0. The van der Waals surface area contributed by atoms with Gasteiger partial charge in [-0.1, -0.05) is 18.5 Å². The highest BCUT2D eigenvalue weighted by atomic mass is 35.5. The Kier molecular flexibility index (Phi) is 4.83. The predicted octanol–water partition coefficient (Wildman–Crippen LogP) is 3.85. The average Bonchev–Trinajstić information content (AvgIpc) is 3.02. The summed E-state index contributed by atoms with van der Waals surface area (Å²) in [5.41, 5.74) is 1.08. The van der Waals surface area contributed by atoms with E-state index < -0.39 is 0 Å². The summed E-state index contributed by atoms with van der Waals surface area (Å²) >= 11 is 6.40. The van der Waals surface area contributed by atoms with Gasteiger partial charge in [0, 0.05) is 25.6 Å². The molecule has 22 heavy (non-hydrogen) atoms. The molecule has 118 valence electrons. The van der Waals surface area contributed by atoms with E-state index in [1.54, 1.807) is 0 Å². The number of hydrogen-bond acceptors (Lipinski definition) is 5. The van der Waals surface area contributed by atoms with Crippen LogP contribution in [0.1, 0.15) is 38.0 Å². The van der Waals surface area contributed by atoms with Gasteiger partial charge >= 0.3 is 0 Å². The molecule has 2 heterocycles. The number of piperidine rings is 1. The second kappa shape index (κ2) is 7.01. The Morgan fingerprint density at radius 2 is 1.95 bits per heavy atom. The van der Waals surface area contributed by atoms with E-state index in [0.29, 0.717) is 17.5 Å². The van der Waals surface area contributed by atoms with Crippen molar-refractivity contribution >= 4 is 17.3 Å². The molecule has 0 spiro atoms. The molecular formula is C16H20ClN3O2. The molecule has 3 rings (SSSR count). The van der Waals surface area contributed by atoms with Gasteiger partial charge in [-0.2, -0.15) is 0 Å². The van der Waals surface area contributed by atoms with Crippen molar-refractivity contribution in [2.75, 3.05) is 18.0 Å². The van der Waals surface area contributed by atoms with Gasteiger partial charge < -0.3 is 14.1 Å². The number of aromatic nitrogens is 2. The van der Waals surface area contributed by atoms with Crippen LogP contribution >= 0.6 is 11.6 Å². The molecule has 0 saturated carbocycles. The third-order valence-electron chi connectivity index (χ3n) is 3.79. The van der Waals surface area contributed by atoms with Crippen molar-refractivity contribution in [3.8, 4) is 5.75 Å². The number of benzene rings is 1. The van der Waals surface area contributed by atoms with Crippen LogP contribution < -0.4 is 9.64 Å². The number of halogens is 1. The smallest absolute Gasteiger partial charge is 0.253 e. The maximum atomic E-state index is 6.40. The van der Waals surface area contributed by atoms with Gasteiger partial charge in [0.2, 0.25) is 5.89 Å². The van der Waals surface area contributed by atoms with Crippen molar-refractivity contribution in [1.29, 1.82) is 0 Å². The second-order valence-electron chi connectivity index (χ2n) is 5.39. The zero-order valence-electron chi connectivity index (χ0n) is 12.7. The van der Waals surface area contributed by atoms with Gasteiger partial charge in [-0.25, -0.2) is 0 Å². The molecule has 0 unspecified atom stereocenters. The average molecular weight is 322 g/mol. The Morgan fingerprint density at radius 1 is 1.18 bits per heavy atom. The van der Waals surface area contributed by atoms with Crippen molar-refractivity contribution in [3.05, 3.63) is 35.0 Å². The zero-order chi connectivity index (χ0) is 15.4. The first-order valence-electron chi connectivity index (χ1n) is 7.75. The number of ether oxygens (including phenoxy) is 1. The van der Waals surface area contributed by atoms with Crippen LogP contribution in [0.5, 0.6) is 5.75 Å². The number of aryl methyl sites for hydroxylation is 1. The molecular weight excluding hydrogens is 302 g/mol. The molecule has 1 fully saturated rings. The summed E-state index contributed by atoms with van der Waals surface area (Å²) in [6.07, 6.45) is 4.49. The summed E-state index contributed by atoms with van der Waals surface area (Å²) in [5, 5.41) is 8.56. The highest BCUT2D eigenvalue weighted by Crippen LogP contribution is 2.31. The number of anilines is 1. The van der Waals surface area contributed by atoms with Crippen molar-refractivity contribution in [3.63, 3.8) is 0 Å². The first-order chi connectivity index (χ1) is 10.8. The molecule has 6 heteroatoms. The summed E-state index contributed by atoms with van der Waals surface area (Å²) in [6.45, 7) is 4.37. The third kappa shape index (κ3) is 3.53. The zero-order valence-corrected chi connectivity index (χ0v) is 13.5. The van der Waals surface area contributed by atoms with Crippen LogP contribution in [0.3, 0.4) is 0 Å². The van der Waals surface area contributed by atoms with Gasteiger partial charge in [-0.3, -0.25) is 0 Å². The molecule has 0 atom stereocenters. The summed E-state index contributed by atoms with van der Waals surface area (Å²) in [5.74, 6) is 1.81. The quantitative estimate of drug-likeness (QED) is 0.837. The minimum Gasteiger partial charge on any atom is -0.484 e. The lowest BCUT2D eigenvalue weighted by Crippen LogP contribution is -2.29. The van der Waals surface area contributed by atoms with E-state index in [4.69, 9.17) is 20.8 Å². The molecule has 1 aromatic carbocycles. The minimum absolute atomic E-state index is 0.256. The first kappa shape index (κ1) is 15.2. The number of hydrogen-bond donors (Lipinski definition) is 0. The third-order valence-corrected chi connectivity index (χ3v) is 4.09. The molecule has 0 amide bonds. The van der Waals surface area contributed by atoms with Gasteiger partial charge in [-0.05, 0) is 31.4 Å². The first-order valence-corrected chi connectivity index (χ1v) is 8.12. The van der Waals surface area contributed by atoms with Crippen LogP contribution in [0.4, 0.5) is 5.69 Å². The maximum Gasteiger partial charge on any atom is 0.253 e. The van der Waals surface area contributed by atoms with Gasteiger partial charge in [0.1, 0.15) is 5.75 Å². The van der Waals surface area contributed by atoms with Gasteiger partial charge in [-0.15, -0.1) is 10.2 Å². The molecule has 0 aliphatic carbocycles. The molecule has 0 bridgehead atoms. The summed E-state index contributed by atoms with van der Waals surface area (Å²) in [4.78, 5) is 2.33. The minimum atomic E-state index is 0.256. The van der Waals surface area contributed by atoms with Crippen LogP contribution in [-0.2, 0) is 13.0 Å². The summed E-state index contributed by atoms with van der Waals surface area (Å²) in [6, 6.07) is 5.81. The SMILES string of the molecule is CCc1nnc(COc2ccc(N3CCCCC3)c(Cl)c2)o1. The van der Waals surface area contributed by atoms with E-state index in [0.717, 1.165) is 30.2 Å². The lowest BCUT2D eigenvalue weighted by atomic mass is 10.1. The van der Waals surface area contributed by atoms with Crippen LogP contribution in [-0.4, -0.2) is 23.3 Å². The Hall–Kier alpha value is -1.75. The second-order valence-corrected chi connectivity index (χ2v) is 5.80. The van der Waals surface area contributed by atoms with E-state index in [1.807, 2.05) is 25.1 Å². The molecule has 1 aromatic heterocycles. The standard InChI is InChI=1S/C16H20ClN3O2/c1-2-15-18-19-16(22-15)11-21-12-6-7-14(13(17)10-12)20-8-4-3-5-9-20/h6-7,10H,2-5,8-9,11H2,1H3. The van der Waals surface area contributed by atoms with Crippen molar-refractivity contribution < 1.29 is 9.15 Å². The van der Waals surface area contributed by atoms with Gasteiger partial charge in [0.15, 0.2) is 6.61 Å². The van der Waals surface area contributed by atoms with E-state index in [2.05, 4.69) is 15.1 Å². The monoisotopic (exact) mass is 321 g/mol. The Morgan fingerprint density at radius 3 is 2.64 bits per heavy atom. The lowest BCUT2D eigenvalue weighted by Gasteiger charge is -2.29. The topological polar surface area (TPSA) is 51.4 Å². The maximum absolute atomic E-state index is 6.40. The Balaban J connectivity index is 1.63. The van der Waals surface area contributed by atoms with Crippen LogP contribution in [0, 0.1) is 0 Å². The highest BCUT2D eigenvalue weighted by molar-refractivity contribution is 6.33. The molecule has 0 N–H and O–H groups in total. The van der Waals surface area contributed by atoms with E-state index in [9.17, 15) is 0 Å². The highest BCUT2D eigenvalue weighted by Gasteiger charge is 2.14. The van der Waals surface area contributed by atoms with E-state index in [-0.39, 0.29) is 6.61 Å². The molecule has 2 aromatic rings. The molecule has 5 nitrogen and oxygen atoms in total. The fourth-order valence-electron chi connectivity index (χ4n) is 2.60. The Bertz CT molecular complexity index is 624. The normalized spacial score (nSPS) is 15.1. The van der Waals surface area contributed by atoms with Crippen LogP contribution in [0.25, 0.3) is 0 Å². The van der Waals surface area contributed by atoms with Crippen LogP contribution in [0.2, 0.25) is 5.02 Å². The van der Waals surface area contributed by atoms with Crippen molar-refractivity contribution in [1.82, 2.24) is 10.2 Å². The van der Waals surface area contributed by atoms with E-state index >= 15 is 0 Å². The lowest BCUT2D eigenvalue weighted by molar-refractivity contribution is 0.259. The van der Waals surface area contributed by atoms with E-state index in [1.165, 1.54) is 19.3 Å². The molecule has 1 aliphatic rings.